The summed E-state index contributed by atoms with van der Waals surface area (Å²) in [5.41, 5.74) is 1.29. The summed E-state index contributed by atoms with van der Waals surface area (Å²) in [5, 5.41) is 13.0. The molecule has 1 aliphatic rings. The second-order valence-electron chi connectivity index (χ2n) is 6.29. The van der Waals surface area contributed by atoms with Gasteiger partial charge in [-0.3, -0.25) is 9.59 Å². The molecule has 27 heavy (non-hydrogen) atoms. The van der Waals surface area contributed by atoms with E-state index in [4.69, 9.17) is 0 Å². The lowest BCUT2D eigenvalue weighted by atomic mass is 10.1. The zero-order valence-corrected chi connectivity index (χ0v) is 15.6. The fourth-order valence-electron chi connectivity index (χ4n) is 3.40. The van der Waals surface area contributed by atoms with E-state index in [0.29, 0.717) is 17.0 Å². The van der Waals surface area contributed by atoms with Crippen LogP contribution >= 0.6 is 11.3 Å². The average molecular weight is 378 g/mol. The molecule has 0 spiro atoms. The molecule has 0 fully saturated rings. The van der Waals surface area contributed by atoms with Crippen LogP contribution in [0.1, 0.15) is 4.88 Å². The average Bonchev–Trinajstić information content (AvgIpc) is 3.28. The molecule has 0 aliphatic carbocycles. The molecular weight excluding hydrogens is 360 g/mol. The highest BCUT2D eigenvalue weighted by atomic mass is 32.1. The monoisotopic (exact) mass is 378 g/mol. The number of anilines is 1. The van der Waals surface area contributed by atoms with Crippen molar-refractivity contribution in [1.29, 1.82) is 0 Å². The lowest BCUT2D eigenvalue weighted by Gasteiger charge is -2.21. The van der Waals surface area contributed by atoms with Gasteiger partial charge in [0.05, 0.1) is 17.9 Å². The summed E-state index contributed by atoms with van der Waals surface area (Å²) < 4.78 is 0. The molecular formula is C21H18N2O3S. The van der Waals surface area contributed by atoms with Crippen molar-refractivity contribution in [2.45, 2.75) is 0 Å². The Bertz CT molecular complexity index is 1050. The largest absolute Gasteiger partial charge is 0.395 e. The molecule has 0 bridgehead atoms. The van der Waals surface area contributed by atoms with Crippen molar-refractivity contribution in [3.05, 3.63) is 70.6 Å². The topological polar surface area (TPSA) is 60.9 Å². The highest BCUT2D eigenvalue weighted by molar-refractivity contribution is 7.11. The van der Waals surface area contributed by atoms with Crippen molar-refractivity contribution in [2.24, 2.45) is 0 Å². The highest BCUT2D eigenvalue weighted by Gasteiger charge is 2.42. The highest BCUT2D eigenvalue weighted by Crippen LogP contribution is 2.38. The summed E-state index contributed by atoms with van der Waals surface area (Å²) in [6.07, 6.45) is 0. The molecule has 0 radical (unpaired) electrons. The van der Waals surface area contributed by atoms with Crippen molar-refractivity contribution in [3.63, 3.8) is 0 Å². The molecule has 6 heteroatoms. The zero-order chi connectivity index (χ0) is 19.0. The minimum atomic E-state index is -0.365. The summed E-state index contributed by atoms with van der Waals surface area (Å²) in [6.45, 7) is 0.167. The van der Waals surface area contributed by atoms with Crippen LogP contribution in [-0.4, -0.2) is 42.0 Å². The number of thiophene rings is 1. The third-order valence-corrected chi connectivity index (χ3v) is 5.54. The Kier molecular flexibility index (Phi) is 4.51. The Morgan fingerprint density at radius 3 is 2.52 bits per heavy atom. The number of fused-ring (bicyclic) bond motifs is 1. The van der Waals surface area contributed by atoms with E-state index in [-0.39, 0.29) is 25.0 Å². The number of benzene rings is 2. The summed E-state index contributed by atoms with van der Waals surface area (Å²) >= 11 is 1.42. The second-order valence-corrected chi connectivity index (χ2v) is 7.24. The molecule has 3 aromatic rings. The van der Waals surface area contributed by atoms with Crippen LogP contribution in [0.25, 0.3) is 16.3 Å². The molecule has 136 valence electrons. The Morgan fingerprint density at radius 1 is 1.00 bits per heavy atom. The summed E-state index contributed by atoms with van der Waals surface area (Å²) in [5.74, 6) is -0.700. The number of nitrogens with zero attached hydrogens (tertiary/aromatic N) is 2. The molecule has 5 nitrogen and oxygen atoms in total. The van der Waals surface area contributed by atoms with Gasteiger partial charge in [0.2, 0.25) is 0 Å². The van der Waals surface area contributed by atoms with Gasteiger partial charge in [-0.15, -0.1) is 11.3 Å². The Balaban J connectivity index is 1.88. The Labute approximate surface area is 160 Å². The van der Waals surface area contributed by atoms with E-state index in [0.717, 1.165) is 15.6 Å². The molecule has 1 N–H and O–H groups in total. The maximum Gasteiger partial charge on any atom is 0.282 e. The molecule has 2 amide bonds. The van der Waals surface area contributed by atoms with Crippen LogP contribution in [0.15, 0.2) is 65.7 Å². The van der Waals surface area contributed by atoms with Gasteiger partial charge in [0, 0.05) is 23.9 Å². The van der Waals surface area contributed by atoms with Gasteiger partial charge in [-0.05, 0) is 22.9 Å². The Morgan fingerprint density at radius 2 is 1.78 bits per heavy atom. The van der Waals surface area contributed by atoms with Crippen molar-refractivity contribution >= 4 is 45.2 Å². The number of hydrogen-bond acceptors (Lipinski definition) is 5. The van der Waals surface area contributed by atoms with E-state index in [1.54, 1.807) is 18.0 Å². The number of amides is 2. The molecule has 2 heterocycles. The van der Waals surface area contributed by atoms with Gasteiger partial charge in [-0.2, -0.15) is 0 Å². The van der Waals surface area contributed by atoms with E-state index in [9.17, 15) is 14.7 Å². The van der Waals surface area contributed by atoms with E-state index in [1.807, 2.05) is 53.9 Å². The number of rotatable bonds is 5. The zero-order valence-electron chi connectivity index (χ0n) is 14.8. The molecule has 0 saturated carbocycles. The molecule has 2 aromatic carbocycles. The first-order chi connectivity index (χ1) is 13.1. The number of imide groups is 1. The number of aliphatic hydroxyl groups excluding tert-OH is 1. The van der Waals surface area contributed by atoms with E-state index in [2.05, 4.69) is 0 Å². The van der Waals surface area contributed by atoms with Crippen LogP contribution in [0, 0.1) is 0 Å². The SMILES string of the molecule is CN(CCO)C1=C(c2cccs2)C(=O)N(c2cccc3ccccc23)C1=O. The number of likely N-dealkylation sites (N-methyl/N-ethyl adjacent to an activating group) is 1. The van der Waals surface area contributed by atoms with E-state index < -0.39 is 0 Å². The molecule has 0 unspecified atom stereocenters. The third-order valence-electron chi connectivity index (χ3n) is 4.65. The van der Waals surface area contributed by atoms with Crippen LogP contribution in [0.3, 0.4) is 0 Å². The predicted octanol–water partition coefficient (Wildman–Crippen LogP) is 3.11. The first-order valence-corrected chi connectivity index (χ1v) is 9.48. The summed E-state index contributed by atoms with van der Waals surface area (Å²) in [6, 6.07) is 17.0. The maximum atomic E-state index is 13.3. The third kappa shape index (κ3) is 2.83. The van der Waals surface area contributed by atoms with Crippen LogP contribution in [-0.2, 0) is 9.59 Å². The van der Waals surface area contributed by atoms with Crippen molar-refractivity contribution in [2.75, 3.05) is 25.1 Å². The van der Waals surface area contributed by atoms with Gasteiger partial charge in [-0.25, -0.2) is 4.90 Å². The van der Waals surface area contributed by atoms with Crippen molar-refractivity contribution in [1.82, 2.24) is 4.90 Å². The normalized spacial score (nSPS) is 14.5. The summed E-state index contributed by atoms with van der Waals surface area (Å²) in [7, 11) is 1.72. The minimum Gasteiger partial charge on any atom is -0.395 e. The first-order valence-electron chi connectivity index (χ1n) is 8.60. The molecule has 0 atom stereocenters. The van der Waals surface area contributed by atoms with Crippen LogP contribution in [0.5, 0.6) is 0 Å². The molecule has 0 saturated heterocycles. The number of hydrogen-bond donors (Lipinski definition) is 1. The first kappa shape index (κ1) is 17.5. The second kappa shape index (κ2) is 6.98. The fourth-order valence-corrected chi connectivity index (χ4v) is 4.16. The standard InChI is InChI=1S/C21H18N2O3S/c1-22(11-12-24)19-18(17-10-5-13-27-17)20(25)23(21(19)26)16-9-4-7-14-6-2-3-8-15(14)16/h2-10,13,24H,11-12H2,1H3. The van der Waals surface area contributed by atoms with Gasteiger partial charge in [0.15, 0.2) is 0 Å². The van der Waals surface area contributed by atoms with Gasteiger partial charge in [-0.1, -0.05) is 42.5 Å². The quantitative estimate of drug-likeness (QED) is 0.693. The number of carbonyl (C=O) groups is 2. The van der Waals surface area contributed by atoms with Gasteiger partial charge in [0.25, 0.3) is 11.8 Å². The van der Waals surface area contributed by atoms with Crippen LogP contribution in [0.2, 0.25) is 0 Å². The lowest BCUT2D eigenvalue weighted by Crippen LogP contribution is -2.35. The van der Waals surface area contributed by atoms with Crippen LogP contribution in [0.4, 0.5) is 5.69 Å². The minimum absolute atomic E-state index is 0.104. The van der Waals surface area contributed by atoms with Gasteiger partial charge < -0.3 is 10.0 Å². The van der Waals surface area contributed by atoms with Crippen molar-refractivity contribution in [3.8, 4) is 0 Å². The predicted molar refractivity (Wildman–Crippen MR) is 107 cm³/mol. The van der Waals surface area contributed by atoms with Gasteiger partial charge in [0.1, 0.15) is 5.70 Å². The smallest absolute Gasteiger partial charge is 0.282 e. The molecule has 1 aromatic heterocycles. The van der Waals surface area contributed by atoms with E-state index in [1.165, 1.54) is 16.2 Å². The molecule has 1 aliphatic heterocycles. The maximum absolute atomic E-state index is 13.3. The van der Waals surface area contributed by atoms with Gasteiger partial charge >= 0.3 is 0 Å². The summed E-state index contributed by atoms with van der Waals surface area (Å²) in [4.78, 5) is 30.3. The molecule has 4 rings (SSSR count). The lowest BCUT2D eigenvalue weighted by molar-refractivity contribution is -0.120. The Hall–Kier alpha value is -2.96. The number of carbonyl (C=O) groups excluding carboxylic acids is 2. The number of aliphatic hydroxyl groups is 1. The van der Waals surface area contributed by atoms with Crippen LogP contribution < -0.4 is 4.90 Å². The van der Waals surface area contributed by atoms with E-state index >= 15 is 0 Å². The van der Waals surface area contributed by atoms with Crippen molar-refractivity contribution < 1.29 is 14.7 Å². The fraction of sp³-hybridized carbons (Fsp3) is 0.143.